The Morgan fingerprint density at radius 2 is 2.10 bits per heavy atom. The van der Waals surface area contributed by atoms with Gasteiger partial charge >= 0.3 is 0 Å². The molecule has 0 saturated heterocycles. The molecule has 4 N–H and O–H groups in total. The summed E-state index contributed by atoms with van der Waals surface area (Å²) in [5.74, 6) is -0.711. The molecule has 3 aromatic heterocycles. The average Bonchev–Trinajstić information content (AvgIpc) is 3.49. The Morgan fingerprint density at radius 1 is 1.28 bits per heavy atom. The molecule has 0 radical (unpaired) electrons. The van der Waals surface area contributed by atoms with Crippen LogP contribution in [0.15, 0.2) is 30.7 Å². The lowest BCUT2D eigenvalue weighted by molar-refractivity contribution is -0.117. The van der Waals surface area contributed by atoms with Gasteiger partial charge in [0.1, 0.15) is 11.3 Å². The molecule has 3 aromatic rings. The summed E-state index contributed by atoms with van der Waals surface area (Å²) in [5, 5.41) is 15.4. The number of aromatic nitrogens is 3. The predicted octanol–water partition coefficient (Wildman–Crippen LogP) is 2.53. The first-order chi connectivity index (χ1) is 15.2. The molecule has 0 spiro atoms. The number of nitrogens with one attached hydrogen (secondary N) is 4. The third-order valence-corrected chi connectivity index (χ3v) is 4.87. The van der Waals surface area contributed by atoms with Crippen LogP contribution in [0.3, 0.4) is 0 Å². The van der Waals surface area contributed by atoms with E-state index >= 15 is 0 Å². The quantitative estimate of drug-likeness (QED) is 0.509. The number of amides is 2. The van der Waals surface area contributed by atoms with Crippen LogP contribution in [0, 0.1) is 12.8 Å². The number of hydrogen-bond acceptors (Lipinski definition) is 6. The van der Waals surface area contributed by atoms with Crippen LogP contribution in [0.5, 0.6) is 0 Å². The van der Waals surface area contributed by atoms with E-state index in [4.69, 9.17) is 4.11 Å². The van der Waals surface area contributed by atoms with Crippen molar-refractivity contribution in [1.82, 2.24) is 19.9 Å². The van der Waals surface area contributed by atoms with Crippen molar-refractivity contribution in [3.63, 3.8) is 0 Å². The zero-order chi connectivity index (χ0) is 23.0. The van der Waals surface area contributed by atoms with Crippen molar-refractivity contribution in [2.45, 2.75) is 19.8 Å². The Hall–Kier alpha value is -3.62. The number of nitrogens with zero attached hydrogens (tertiary/aromatic N) is 3. The van der Waals surface area contributed by atoms with Crippen LogP contribution in [0.1, 0.15) is 32.9 Å². The minimum Gasteiger partial charge on any atom is -0.386 e. The lowest BCUT2D eigenvalue weighted by Crippen LogP contribution is -2.20. The Kier molecular flexibility index (Phi) is 3.92. The summed E-state index contributed by atoms with van der Waals surface area (Å²) >= 11 is 0. The molecule has 1 saturated carbocycles. The van der Waals surface area contributed by atoms with Crippen molar-refractivity contribution in [3.05, 3.63) is 41.9 Å². The van der Waals surface area contributed by atoms with Crippen molar-refractivity contribution in [2.75, 3.05) is 30.0 Å². The number of hydrogen-bond donors (Lipinski definition) is 4. The Balaban J connectivity index is 1.74. The molecule has 9 heteroatoms. The fraction of sp³-hybridized carbons (Fsp3) is 0.300. The molecular weight excluding hydrogens is 370 g/mol. The first kappa shape index (κ1) is 15.3. The van der Waals surface area contributed by atoms with Crippen LogP contribution in [0.4, 0.5) is 22.9 Å². The summed E-state index contributed by atoms with van der Waals surface area (Å²) in [4.78, 5) is 28.9. The van der Waals surface area contributed by atoms with E-state index < -0.39 is 12.9 Å². The molecule has 2 amide bonds. The van der Waals surface area contributed by atoms with E-state index in [1.165, 1.54) is 12.3 Å². The number of pyridine rings is 2. The maximum Gasteiger partial charge on any atom is 0.254 e. The largest absolute Gasteiger partial charge is 0.386 e. The van der Waals surface area contributed by atoms with E-state index in [0.29, 0.717) is 5.69 Å². The van der Waals surface area contributed by atoms with Gasteiger partial charge in [0.25, 0.3) is 5.91 Å². The van der Waals surface area contributed by atoms with Crippen molar-refractivity contribution in [1.29, 1.82) is 0 Å². The first-order valence-electron chi connectivity index (χ1n) is 10.7. The monoisotopic (exact) mass is 396 g/mol. The van der Waals surface area contributed by atoms with Gasteiger partial charge in [-0.2, -0.15) is 5.10 Å². The normalized spacial score (nSPS) is 15.2. The second-order valence-electron chi connectivity index (χ2n) is 6.93. The molecule has 9 nitrogen and oxygen atoms in total. The molecule has 0 aromatic carbocycles. The van der Waals surface area contributed by atoms with Crippen molar-refractivity contribution >= 4 is 40.2 Å². The minimum atomic E-state index is -2.66. The highest BCUT2D eigenvalue weighted by atomic mass is 16.2. The van der Waals surface area contributed by atoms with Crippen molar-refractivity contribution in [3.8, 4) is 0 Å². The van der Waals surface area contributed by atoms with Crippen LogP contribution in [-0.4, -0.2) is 40.4 Å². The Bertz CT molecular complexity index is 1200. The highest BCUT2D eigenvalue weighted by molar-refractivity contribution is 6.02. The van der Waals surface area contributed by atoms with Crippen LogP contribution in [-0.2, 0) is 4.79 Å². The summed E-state index contributed by atoms with van der Waals surface area (Å²) in [5.41, 5.74) is 3.48. The van der Waals surface area contributed by atoms with Gasteiger partial charge in [0, 0.05) is 42.5 Å². The maximum absolute atomic E-state index is 12.6. The molecule has 0 aliphatic heterocycles. The van der Waals surface area contributed by atoms with Gasteiger partial charge < -0.3 is 21.3 Å². The zero-order valence-electron chi connectivity index (χ0n) is 19.0. The fourth-order valence-corrected chi connectivity index (χ4v) is 3.18. The van der Waals surface area contributed by atoms with Gasteiger partial charge in [-0.1, -0.05) is 0 Å². The third-order valence-electron chi connectivity index (χ3n) is 4.87. The van der Waals surface area contributed by atoms with E-state index in [1.807, 2.05) is 24.5 Å². The molecule has 3 heterocycles. The van der Waals surface area contributed by atoms with Gasteiger partial charge in [-0.15, -0.1) is 0 Å². The molecule has 4 rings (SSSR count). The number of aryl methyl sites for hydroxylation is 1. The van der Waals surface area contributed by atoms with E-state index in [1.54, 1.807) is 17.8 Å². The SMILES string of the molecule is [2H]C([2H])([2H])NC(=O)c1cnc(NC(=O)C2CC2)cc1Nc1cnn2ccc(C)c(NC)c12. The summed E-state index contributed by atoms with van der Waals surface area (Å²) in [7, 11) is 1.80. The van der Waals surface area contributed by atoms with E-state index in [2.05, 4.69) is 26.0 Å². The van der Waals surface area contributed by atoms with Gasteiger partial charge in [0.05, 0.1) is 28.8 Å². The highest BCUT2D eigenvalue weighted by Crippen LogP contribution is 2.33. The number of carbonyl (C=O) groups is 2. The van der Waals surface area contributed by atoms with Gasteiger partial charge in [-0.05, 0) is 31.4 Å². The molecule has 29 heavy (non-hydrogen) atoms. The van der Waals surface area contributed by atoms with Gasteiger partial charge in [0.2, 0.25) is 5.91 Å². The smallest absolute Gasteiger partial charge is 0.254 e. The summed E-state index contributed by atoms with van der Waals surface area (Å²) in [6.07, 6.45) is 6.33. The number of rotatable bonds is 6. The van der Waals surface area contributed by atoms with E-state index in [0.717, 1.165) is 29.6 Å². The lowest BCUT2D eigenvalue weighted by Gasteiger charge is -2.14. The molecule has 1 aliphatic carbocycles. The third kappa shape index (κ3) is 3.58. The number of carbonyl (C=O) groups excluding carboxylic acids is 2. The molecule has 150 valence electrons. The fourth-order valence-electron chi connectivity index (χ4n) is 3.18. The average molecular weight is 396 g/mol. The molecule has 1 fully saturated rings. The highest BCUT2D eigenvalue weighted by Gasteiger charge is 2.30. The topological polar surface area (TPSA) is 112 Å². The summed E-state index contributed by atoms with van der Waals surface area (Å²) in [6, 6.07) is 3.43. The van der Waals surface area contributed by atoms with E-state index in [-0.39, 0.29) is 28.9 Å². The van der Waals surface area contributed by atoms with Crippen LogP contribution in [0.25, 0.3) is 5.52 Å². The zero-order valence-corrected chi connectivity index (χ0v) is 16.0. The predicted molar refractivity (Wildman–Crippen MR) is 112 cm³/mol. The standard InChI is InChI=1S/C20H23N7O2/c1-11-6-7-27-18(17(11)21-2)15(10-24-27)25-14-8-16(26-19(28)12-4-5-12)23-9-13(14)20(29)22-3/h6-10,12,21H,4-5H2,1-3H3,(H,22,29)(H2,23,25,26,28)/i3D3. The van der Waals surface area contributed by atoms with Gasteiger partial charge in [-0.25, -0.2) is 9.50 Å². The minimum absolute atomic E-state index is 0.0172. The second kappa shape index (κ2) is 7.42. The van der Waals surface area contributed by atoms with Crippen LogP contribution >= 0.6 is 0 Å². The van der Waals surface area contributed by atoms with Gasteiger partial charge in [0.15, 0.2) is 0 Å². The second-order valence-corrected chi connectivity index (χ2v) is 6.93. The molecule has 0 atom stereocenters. The van der Waals surface area contributed by atoms with Crippen LogP contribution < -0.4 is 21.3 Å². The number of fused-ring (bicyclic) bond motifs is 1. The molecular formula is C20H23N7O2. The first-order valence-corrected chi connectivity index (χ1v) is 9.21. The lowest BCUT2D eigenvalue weighted by atomic mass is 10.1. The van der Waals surface area contributed by atoms with Crippen molar-refractivity contribution in [2.24, 2.45) is 5.92 Å². The van der Waals surface area contributed by atoms with E-state index in [9.17, 15) is 9.59 Å². The summed E-state index contributed by atoms with van der Waals surface area (Å²) in [6.45, 7) is -0.705. The Labute approximate surface area is 172 Å². The van der Waals surface area contributed by atoms with Gasteiger partial charge in [-0.3, -0.25) is 9.59 Å². The molecule has 1 aliphatic rings. The van der Waals surface area contributed by atoms with Crippen LogP contribution in [0.2, 0.25) is 0 Å². The molecule has 0 bridgehead atoms. The summed E-state index contributed by atoms with van der Waals surface area (Å²) < 4.78 is 23.7. The maximum atomic E-state index is 12.6. The Morgan fingerprint density at radius 3 is 2.83 bits per heavy atom. The number of anilines is 4. The molecule has 0 unspecified atom stereocenters. The van der Waals surface area contributed by atoms with Crippen molar-refractivity contribution < 1.29 is 13.7 Å².